The van der Waals surface area contributed by atoms with E-state index in [1.54, 1.807) is 6.20 Å². The van der Waals surface area contributed by atoms with Crippen LogP contribution in [0.15, 0.2) is 54.7 Å². The second-order valence-corrected chi connectivity index (χ2v) is 5.29. The lowest BCUT2D eigenvalue weighted by atomic mass is 10.1. The highest BCUT2D eigenvalue weighted by atomic mass is 35.5. The average molecular weight is 312 g/mol. The van der Waals surface area contributed by atoms with Crippen LogP contribution >= 0.6 is 11.6 Å². The Kier molecular flexibility index (Phi) is 3.94. The molecule has 1 aromatic heterocycles. The summed E-state index contributed by atoms with van der Waals surface area (Å²) in [6.45, 7) is 1.49. The van der Waals surface area contributed by atoms with Crippen LogP contribution in [0.5, 0.6) is 0 Å². The summed E-state index contributed by atoms with van der Waals surface area (Å²) in [5.74, 6) is -0.0875. The van der Waals surface area contributed by atoms with Gasteiger partial charge in [0.15, 0.2) is 0 Å². The molecule has 0 aliphatic heterocycles. The Morgan fingerprint density at radius 1 is 1.05 bits per heavy atom. The van der Waals surface area contributed by atoms with Crippen LogP contribution in [0, 0.1) is 0 Å². The molecule has 0 aliphatic carbocycles. The Hall–Kier alpha value is -2.59. The van der Waals surface area contributed by atoms with E-state index in [0.29, 0.717) is 5.02 Å². The van der Waals surface area contributed by atoms with Crippen LogP contribution in [0.3, 0.4) is 0 Å². The minimum atomic E-state index is -0.0875. The number of carbonyl (C=O) groups is 1. The van der Waals surface area contributed by atoms with Gasteiger partial charge in [-0.25, -0.2) is 0 Å². The minimum absolute atomic E-state index is 0.0875. The number of benzene rings is 2. The maximum atomic E-state index is 11.0. The third-order valence-corrected chi connectivity index (χ3v) is 3.51. The molecule has 3 rings (SSSR count). The van der Waals surface area contributed by atoms with Gasteiger partial charge in [0.05, 0.1) is 10.5 Å². The first-order valence-electron chi connectivity index (χ1n) is 6.81. The average Bonchev–Trinajstić information content (AvgIpc) is 2.50. The van der Waals surface area contributed by atoms with Gasteiger partial charge in [0.2, 0.25) is 5.91 Å². The fourth-order valence-electron chi connectivity index (χ4n) is 2.24. The number of halogens is 1. The standard InChI is InChI=1S/C17H14ClN3O/c1-11(22)20-12-5-7-13(8-6-12)21-16-9-10-19-17-14(16)3-2-4-15(17)18/h2-10H,1H3,(H,19,21)(H,20,22). The van der Waals surface area contributed by atoms with E-state index in [4.69, 9.17) is 11.6 Å². The second kappa shape index (κ2) is 6.03. The van der Waals surface area contributed by atoms with Gasteiger partial charge >= 0.3 is 0 Å². The van der Waals surface area contributed by atoms with Crippen LogP contribution in [0.4, 0.5) is 17.1 Å². The quantitative estimate of drug-likeness (QED) is 0.744. The van der Waals surface area contributed by atoms with Gasteiger partial charge in [0.25, 0.3) is 0 Å². The molecule has 0 saturated carbocycles. The molecule has 0 bridgehead atoms. The smallest absolute Gasteiger partial charge is 0.221 e. The number of para-hydroxylation sites is 1. The van der Waals surface area contributed by atoms with Crippen molar-refractivity contribution in [2.45, 2.75) is 6.92 Å². The molecular weight excluding hydrogens is 298 g/mol. The van der Waals surface area contributed by atoms with Crippen LogP contribution in [0.1, 0.15) is 6.92 Å². The lowest BCUT2D eigenvalue weighted by Crippen LogP contribution is -2.05. The zero-order valence-corrected chi connectivity index (χ0v) is 12.7. The molecule has 0 aliphatic rings. The number of rotatable bonds is 3. The van der Waals surface area contributed by atoms with Gasteiger partial charge in [-0.05, 0) is 36.4 Å². The number of aromatic nitrogens is 1. The highest BCUT2D eigenvalue weighted by Gasteiger charge is 2.05. The van der Waals surface area contributed by atoms with E-state index in [-0.39, 0.29) is 5.91 Å². The first kappa shape index (κ1) is 14.4. The van der Waals surface area contributed by atoms with Crippen molar-refractivity contribution >= 4 is 45.5 Å². The Labute approximate surface area is 133 Å². The third kappa shape index (κ3) is 3.02. The van der Waals surface area contributed by atoms with Gasteiger partial charge in [-0.1, -0.05) is 23.7 Å². The number of amides is 1. The second-order valence-electron chi connectivity index (χ2n) is 4.88. The molecule has 2 aromatic carbocycles. The molecule has 0 saturated heterocycles. The molecule has 1 heterocycles. The number of anilines is 3. The predicted octanol–water partition coefficient (Wildman–Crippen LogP) is 4.59. The number of nitrogens with one attached hydrogen (secondary N) is 2. The first-order chi connectivity index (χ1) is 10.6. The van der Waals surface area contributed by atoms with E-state index in [1.807, 2.05) is 48.5 Å². The van der Waals surface area contributed by atoms with Crippen molar-refractivity contribution < 1.29 is 4.79 Å². The van der Waals surface area contributed by atoms with Gasteiger partial charge in [-0.15, -0.1) is 0 Å². The highest BCUT2D eigenvalue weighted by molar-refractivity contribution is 6.35. The van der Waals surface area contributed by atoms with Crippen LogP contribution in [0.25, 0.3) is 10.9 Å². The van der Waals surface area contributed by atoms with Gasteiger partial charge in [0.1, 0.15) is 0 Å². The normalized spacial score (nSPS) is 10.5. The molecule has 0 unspecified atom stereocenters. The topological polar surface area (TPSA) is 54.0 Å². The third-order valence-electron chi connectivity index (χ3n) is 3.21. The van der Waals surface area contributed by atoms with Crippen molar-refractivity contribution in [1.82, 2.24) is 4.98 Å². The van der Waals surface area contributed by atoms with E-state index in [2.05, 4.69) is 15.6 Å². The molecule has 0 atom stereocenters. The minimum Gasteiger partial charge on any atom is -0.355 e. The zero-order valence-electron chi connectivity index (χ0n) is 11.9. The van der Waals surface area contributed by atoms with E-state index < -0.39 is 0 Å². The molecule has 0 fully saturated rings. The van der Waals surface area contributed by atoms with Crippen LogP contribution in [-0.2, 0) is 4.79 Å². The van der Waals surface area contributed by atoms with Gasteiger partial charge in [-0.3, -0.25) is 9.78 Å². The zero-order chi connectivity index (χ0) is 15.5. The summed E-state index contributed by atoms with van der Waals surface area (Å²) in [6, 6.07) is 15.1. The van der Waals surface area contributed by atoms with Gasteiger partial charge in [0, 0.05) is 35.6 Å². The molecule has 1 amide bonds. The van der Waals surface area contributed by atoms with Gasteiger partial charge in [-0.2, -0.15) is 0 Å². The maximum absolute atomic E-state index is 11.0. The molecule has 0 spiro atoms. The van der Waals surface area contributed by atoms with E-state index >= 15 is 0 Å². The molecular formula is C17H14ClN3O. The Morgan fingerprint density at radius 3 is 2.50 bits per heavy atom. The Morgan fingerprint density at radius 2 is 1.77 bits per heavy atom. The van der Waals surface area contributed by atoms with Crippen molar-refractivity contribution in [3.05, 3.63) is 59.8 Å². The first-order valence-corrected chi connectivity index (χ1v) is 7.19. The molecule has 5 heteroatoms. The summed E-state index contributed by atoms with van der Waals surface area (Å²) in [4.78, 5) is 15.3. The fourth-order valence-corrected chi connectivity index (χ4v) is 2.47. The monoisotopic (exact) mass is 311 g/mol. The summed E-state index contributed by atoms with van der Waals surface area (Å²) >= 11 is 6.17. The van der Waals surface area contributed by atoms with Crippen molar-refractivity contribution in [1.29, 1.82) is 0 Å². The van der Waals surface area contributed by atoms with E-state index in [1.165, 1.54) is 6.92 Å². The highest BCUT2D eigenvalue weighted by Crippen LogP contribution is 2.29. The van der Waals surface area contributed by atoms with Crippen LogP contribution in [-0.4, -0.2) is 10.9 Å². The number of hydrogen-bond donors (Lipinski definition) is 2. The molecule has 22 heavy (non-hydrogen) atoms. The number of fused-ring (bicyclic) bond motifs is 1. The largest absolute Gasteiger partial charge is 0.355 e. The van der Waals surface area contributed by atoms with Crippen LogP contribution < -0.4 is 10.6 Å². The van der Waals surface area contributed by atoms with Crippen LogP contribution in [0.2, 0.25) is 5.02 Å². The van der Waals surface area contributed by atoms with Crippen molar-refractivity contribution in [3.63, 3.8) is 0 Å². The summed E-state index contributed by atoms with van der Waals surface area (Å²) < 4.78 is 0. The number of carbonyl (C=O) groups excluding carboxylic acids is 1. The summed E-state index contributed by atoms with van der Waals surface area (Å²) in [7, 11) is 0. The summed E-state index contributed by atoms with van der Waals surface area (Å²) in [5.41, 5.74) is 3.38. The molecule has 2 N–H and O–H groups in total. The summed E-state index contributed by atoms with van der Waals surface area (Å²) in [5, 5.41) is 7.67. The Bertz CT molecular complexity index is 831. The molecule has 3 aromatic rings. The lowest BCUT2D eigenvalue weighted by Gasteiger charge is -2.11. The fraction of sp³-hybridized carbons (Fsp3) is 0.0588. The molecule has 4 nitrogen and oxygen atoms in total. The molecule has 0 radical (unpaired) electrons. The summed E-state index contributed by atoms with van der Waals surface area (Å²) in [6.07, 6.45) is 1.72. The van der Waals surface area contributed by atoms with Crippen molar-refractivity contribution in [2.75, 3.05) is 10.6 Å². The lowest BCUT2D eigenvalue weighted by molar-refractivity contribution is -0.114. The van der Waals surface area contributed by atoms with E-state index in [0.717, 1.165) is 28.0 Å². The van der Waals surface area contributed by atoms with Gasteiger partial charge < -0.3 is 10.6 Å². The van der Waals surface area contributed by atoms with E-state index in [9.17, 15) is 4.79 Å². The number of pyridine rings is 1. The SMILES string of the molecule is CC(=O)Nc1ccc(Nc2ccnc3c(Cl)cccc23)cc1. The van der Waals surface area contributed by atoms with Crippen molar-refractivity contribution in [3.8, 4) is 0 Å². The maximum Gasteiger partial charge on any atom is 0.221 e. The number of hydrogen-bond acceptors (Lipinski definition) is 3. The Balaban J connectivity index is 1.90. The number of nitrogens with zero attached hydrogens (tertiary/aromatic N) is 1. The molecule has 110 valence electrons. The van der Waals surface area contributed by atoms with Crippen molar-refractivity contribution in [2.24, 2.45) is 0 Å². The predicted molar refractivity (Wildman–Crippen MR) is 90.8 cm³/mol.